The molecule has 0 N–H and O–H groups in total. The van der Waals surface area contributed by atoms with Gasteiger partial charge in [0.15, 0.2) is 0 Å². The van der Waals surface area contributed by atoms with Crippen molar-refractivity contribution in [2.45, 2.75) is 49.7 Å². The van der Waals surface area contributed by atoms with E-state index in [1.807, 2.05) is 18.2 Å². The maximum atomic E-state index is 6.21. The molecule has 1 unspecified atom stereocenters. The number of benzene rings is 1. The molecule has 1 atom stereocenters. The van der Waals surface area contributed by atoms with Crippen LogP contribution in [0.1, 0.15) is 37.7 Å². The minimum atomic E-state index is 0.100. The molecule has 2 fully saturated rings. The third kappa shape index (κ3) is 2.75. The molecule has 1 aliphatic carbocycles. The molecule has 1 aromatic rings. The van der Waals surface area contributed by atoms with Gasteiger partial charge in [0, 0.05) is 24.5 Å². The minimum absolute atomic E-state index is 0.100. The highest BCUT2D eigenvalue weighted by Crippen LogP contribution is 2.43. The van der Waals surface area contributed by atoms with Gasteiger partial charge in [-0.15, -0.1) is 11.6 Å². The summed E-state index contributed by atoms with van der Waals surface area (Å²) in [5.41, 5.74) is 1.12. The summed E-state index contributed by atoms with van der Waals surface area (Å²) in [4.78, 5) is 0. The highest BCUT2D eigenvalue weighted by Gasteiger charge is 2.43. The van der Waals surface area contributed by atoms with E-state index in [1.165, 1.54) is 19.3 Å². The zero-order valence-corrected chi connectivity index (χ0v) is 12.6. The molecule has 1 aliphatic heterocycles. The lowest BCUT2D eigenvalue weighted by Crippen LogP contribution is -2.48. The van der Waals surface area contributed by atoms with Gasteiger partial charge in [-0.05, 0) is 25.3 Å². The standard InChI is InChI=1S/C16H21ClO3/c1-18-13-4-3-12(11-17)15(9-13)20-14-5-8-19-16(10-14)6-2-7-16/h3-4,9,14H,2,5-8,10-11H2,1H3. The van der Waals surface area contributed by atoms with Gasteiger partial charge in [-0.3, -0.25) is 0 Å². The van der Waals surface area contributed by atoms with E-state index in [4.69, 9.17) is 25.8 Å². The smallest absolute Gasteiger partial charge is 0.127 e. The van der Waals surface area contributed by atoms with Crippen LogP contribution in [0.4, 0.5) is 0 Å². The largest absolute Gasteiger partial charge is 0.497 e. The second-order valence-electron chi connectivity index (χ2n) is 5.72. The fourth-order valence-electron chi connectivity index (χ4n) is 3.06. The monoisotopic (exact) mass is 296 g/mol. The van der Waals surface area contributed by atoms with E-state index >= 15 is 0 Å². The first-order valence-electron chi connectivity index (χ1n) is 7.28. The van der Waals surface area contributed by atoms with Gasteiger partial charge in [-0.2, -0.15) is 0 Å². The van der Waals surface area contributed by atoms with Crippen molar-refractivity contribution in [2.24, 2.45) is 0 Å². The van der Waals surface area contributed by atoms with Crippen molar-refractivity contribution < 1.29 is 14.2 Å². The Morgan fingerprint density at radius 3 is 2.90 bits per heavy atom. The molecule has 2 aliphatic rings. The minimum Gasteiger partial charge on any atom is -0.497 e. The lowest BCUT2D eigenvalue weighted by molar-refractivity contribution is -0.153. The second-order valence-corrected chi connectivity index (χ2v) is 5.99. The molecule has 20 heavy (non-hydrogen) atoms. The van der Waals surface area contributed by atoms with Gasteiger partial charge in [0.05, 0.1) is 25.2 Å². The SMILES string of the molecule is COc1ccc(CCl)c(OC2CCOC3(CCC3)C2)c1. The summed E-state index contributed by atoms with van der Waals surface area (Å²) < 4.78 is 17.4. The fraction of sp³-hybridized carbons (Fsp3) is 0.625. The van der Waals surface area contributed by atoms with Crippen molar-refractivity contribution in [2.75, 3.05) is 13.7 Å². The first-order valence-corrected chi connectivity index (χ1v) is 7.82. The zero-order valence-electron chi connectivity index (χ0n) is 11.9. The summed E-state index contributed by atoms with van der Waals surface area (Å²) in [5.74, 6) is 2.10. The number of methoxy groups -OCH3 is 1. The Hall–Kier alpha value is -0.930. The van der Waals surface area contributed by atoms with Gasteiger partial charge in [-0.1, -0.05) is 6.07 Å². The van der Waals surface area contributed by atoms with Crippen molar-refractivity contribution in [1.29, 1.82) is 0 Å². The molecule has 1 aromatic carbocycles. The van der Waals surface area contributed by atoms with Crippen molar-refractivity contribution in [1.82, 2.24) is 0 Å². The predicted molar refractivity (Wildman–Crippen MR) is 78.7 cm³/mol. The normalized spacial score (nSPS) is 24.2. The first-order chi connectivity index (χ1) is 9.74. The van der Waals surface area contributed by atoms with Crippen LogP contribution in [-0.2, 0) is 10.6 Å². The van der Waals surface area contributed by atoms with Gasteiger partial charge < -0.3 is 14.2 Å². The van der Waals surface area contributed by atoms with Crippen LogP contribution in [0, 0.1) is 0 Å². The van der Waals surface area contributed by atoms with Crippen molar-refractivity contribution in [3.8, 4) is 11.5 Å². The van der Waals surface area contributed by atoms with E-state index in [0.29, 0.717) is 5.88 Å². The quantitative estimate of drug-likeness (QED) is 0.788. The molecule has 110 valence electrons. The summed E-state index contributed by atoms with van der Waals surface area (Å²) in [6.45, 7) is 0.796. The molecular weight excluding hydrogens is 276 g/mol. The summed E-state index contributed by atoms with van der Waals surface area (Å²) in [7, 11) is 1.66. The van der Waals surface area contributed by atoms with Gasteiger partial charge >= 0.3 is 0 Å². The Kier molecular flexibility index (Phi) is 4.08. The summed E-state index contributed by atoms with van der Waals surface area (Å²) in [6.07, 6.45) is 5.78. The maximum Gasteiger partial charge on any atom is 0.127 e. The molecule has 0 radical (unpaired) electrons. The van der Waals surface area contributed by atoms with E-state index in [9.17, 15) is 0 Å². The predicted octanol–water partition coefficient (Wildman–Crippen LogP) is 3.91. The average molecular weight is 297 g/mol. The summed E-state index contributed by atoms with van der Waals surface area (Å²) in [5, 5.41) is 0. The topological polar surface area (TPSA) is 27.7 Å². The highest BCUT2D eigenvalue weighted by molar-refractivity contribution is 6.17. The molecule has 0 aromatic heterocycles. The Balaban J connectivity index is 1.73. The zero-order chi connectivity index (χ0) is 14.0. The molecular formula is C16H21ClO3. The van der Waals surface area contributed by atoms with Crippen LogP contribution in [0.2, 0.25) is 0 Å². The van der Waals surface area contributed by atoms with Crippen LogP contribution in [0.25, 0.3) is 0 Å². The van der Waals surface area contributed by atoms with Gasteiger partial charge in [0.1, 0.15) is 17.6 Å². The van der Waals surface area contributed by atoms with Crippen molar-refractivity contribution >= 4 is 11.6 Å². The third-order valence-electron chi connectivity index (χ3n) is 4.42. The van der Waals surface area contributed by atoms with Crippen LogP contribution in [-0.4, -0.2) is 25.4 Å². The third-order valence-corrected chi connectivity index (χ3v) is 4.71. The molecule has 3 nitrogen and oxygen atoms in total. The number of halogens is 1. The summed E-state index contributed by atoms with van der Waals surface area (Å²) in [6, 6.07) is 5.82. The lowest BCUT2D eigenvalue weighted by Gasteiger charge is -2.47. The number of alkyl halides is 1. The van der Waals surface area contributed by atoms with E-state index in [2.05, 4.69) is 0 Å². The fourth-order valence-corrected chi connectivity index (χ4v) is 3.29. The highest BCUT2D eigenvalue weighted by atomic mass is 35.5. The number of hydrogen-bond acceptors (Lipinski definition) is 3. The molecule has 0 bridgehead atoms. The van der Waals surface area contributed by atoms with E-state index < -0.39 is 0 Å². The molecule has 1 spiro atoms. The lowest BCUT2D eigenvalue weighted by atomic mass is 9.74. The molecule has 4 heteroatoms. The Bertz CT molecular complexity index is 471. The maximum absolute atomic E-state index is 6.21. The number of ether oxygens (including phenoxy) is 3. The molecule has 1 saturated heterocycles. The van der Waals surface area contributed by atoms with Crippen molar-refractivity contribution in [3.05, 3.63) is 23.8 Å². The van der Waals surface area contributed by atoms with Crippen LogP contribution < -0.4 is 9.47 Å². The van der Waals surface area contributed by atoms with Gasteiger partial charge in [0.25, 0.3) is 0 Å². The van der Waals surface area contributed by atoms with E-state index in [-0.39, 0.29) is 11.7 Å². The molecule has 3 rings (SSSR count). The average Bonchev–Trinajstić information content (AvgIpc) is 2.46. The first kappa shape index (κ1) is 14.0. The number of hydrogen-bond donors (Lipinski definition) is 0. The Labute approximate surface area is 125 Å². The van der Waals surface area contributed by atoms with Crippen LogP contribution >= 0.6 is 11.6 Å². The summed E-state index contributed by atoms with van der Waals surface area (Å²) >= 11 is 5.99. The molecule has 1 heterocycles. The van der Waals surface area contributed by atoms with Crippen LogP contribution in [0.3, 0.4) is 0 Å². The Morgan fingerprint density at radius 2 is 2.25 bits per heavy atom. The number of rotatable bonds is 4. The van der Waals surface area contributed by atoms with E-state index in [0.717, 1.165) is 36.5 Å². The van der Waals surface area contributed by atoms with E-state index in [1.54, 1.807) is 7.11 Å². The molecule has 0 amide bonds. The van der Waals surface area contributed by atoms with Crippen LogP contribution in [0.15, 0.2) is 18.2 Å². The van der Waals surface area contributed by atoms with Gasteiger partial charge in [0.2, 0.25) is 0 Å². The second kappa shape index (κ2) is 5.82. The Morgan fingerprint density at radius 1 is 1.40 bits per heavy atom. The molecule has 1 saturated carbocycles. The van der Waals surface area contributed by atoms with Crippen molar-refractivity contribution in [3.63, 3.8) is 0 Å². The van der Waals surface area contributed by atoms with Crippen LogP contribution in [0.5, 0.6) is 11.5 Å². The van der Waals surface area contributed by atoms with Gasteiger partial charge in [-0.25, -0.2) is 0 Å².